The van der Waals surface area contributed by atoms with Gasteiger partial charge in [0.25, 0.3) is 11.8 Å². The number of carbonyl (C=O) groups is 4. The molecule has 9 heteroatoms. The molecule has 9 nitrogen and oxygen atoms in total. The molecule has 0 saturated heterocycles. The van der Waals surface area contributed by atoms with E-state index in [2.05, 4.69) is 5.32 Å². The highest BCUT2D eigenvalue weighted by atomic mass is 16.7. The van der Waals surface area contributed by atoms with E-state index < -0.39 is 29.9 Å². The van der Waals surface area contributed by atoms with Crippen molar-refractivity contribution in [3.05, 3.63) is 95.1 Å². The summed E-state index contributed by atoms with van der Waals surface area (Å²) in [7, 11) is 1.34. The smallest absolute Gasteiger partial charge is 0.407 e. The summed E-state index contributed by atoms with van der Waals surface area (Å²) in [6.07, 6.45) is -0.863. The highest BCUT2D eigenvalue weighted by molar-refractivity contribution is 6.20. The molecular weight excluding hydrogens is 464 g/mol. The number of hydrogen-bond donors (Lipinski definition) is 1. The molecule has 3 amide bonds. The molecule has 3 aromatic rings. The Hall–Kier alpha value is -4.50. The summed E-state index contributed by atoms with van der Waals surface area (Å²) >= 11 is 0. The van der Waals surface area contributed by atoms with E-state index >= 15 is 0 Å². The van der Waals surface area contributed by atoms with Gasteiger partial charge < -0.3 is 19.6 Å². The van der Waals surface area contributed by atoms with Crippen LogP contribution >= 0.6 is 0 Å². The molecule has 0 saturated carbocycles. The predicted molar refractivity (Wildman–Crippen MR) is 127 cm³/mol. The minimum Gasteiger partial charge on any atom is -0.449 e. The molecule has 5 rings (SSSR count). The summed E-state index contributed by atoms with van der Waals surface area (Å²) in [5.74, 6) is -2.73. The van der Waals surface area contributed by atoms with Crippen molar-refractivity contribution in [3.63, 3.8) is 0 Å². The second-order valence-corrected chi connectivity index (χ2v) is 8.34. The monoisotopic (exact) mass is 486 g/mol. The van der Waals surface area contributed by atoms with Crippen molar-refractivity contribution in [2.24, 2.45) is 0 Å². The molecule has 3 aromatic carbocycles. The number of nitrogens with one attached hydrogen (secondary N) is 1. The Labute approximate surface area is 206 Å². The second kappa shape index (κ2) is 9.63. The number of ether oxygens (including phenoxy) is 2. The maximum absolute atomic E-state index is 12.7. The minimum absolute atomic E-state index is 0.0486. The average molecular weight is 486 g/mol. The van der Waals surface area contributed by atoms with E-state index in [9.17, 15) is 19.2 Å². The quantitative estimate of drug-likeness (QED) is 0.510. The van der Waals surface area contributed by atoms with Gasteiger partial charge in [0.1, 0.15) is 6.61 Å². The molecule has 0 unspecified atom stereocenters. The second-order valence-electron chi connectivity index (χ2n) is 8.34. The van der Waals surface area contributed by atoms with E-state index in [0.29, 0.717) is 5.06 Å². The summed E-state index contributed by atoms with van der Waals surface area (Å²) in [4.78, 5) is 55.4. The first-order chi connectivity index (χ1) is 17.5. The number of benzene rings is 3. The fraction of sp³-hybridized carbons (Fsp3) is 0.185. The third kappa shape index (κ3) is 4.09. The first-order valence-electron chi connectivity index (χ1n) is 11.3. The Bertz CT molecular complexity index is 1290. The highest BCUT2D eigenvalue weighted by Crippen LogP contribution is 2.44. The van der Waals surface area contributed by atoms with Crippen LogP contribution in [-0.4, -0.2) is 55.3 Å². The zero-order chi connectivity index (χ0) is 25.2. The highest BCUT2D eigenvalue weighted by Gasteiger charge is 2.40. The first kappa shape index (κ1) is 23.3. The van der Waals surface area contributed by atoms with Gasteiger partial charge in [-0.2, -0.15) is 0 Å². The number of carbonyl (C=O) groups excluding carboxylic acids is 4. The van der Waals surface area contributed by atoms with Gasteiger partial charge in [0.05, 0.1) is 17.7 Å². The van der Waals surface area contributed by atoms with Crippen LogP contribution in [-0.2, 0) is 19.1 Å². The topological polar surface area (TPSA) is 111 Å². The van der Waals surface area contributed by atoms with E-state index in [0.717, 1.165) is 22.3 Å². The summed E-state index contributed by atoms with van der Waals surface area (Å²) in [6, 6.07) is 20.6. The Morgan fingerprint density at radius 3 is 1.86 bits per heavy atom. The van der Waals surface area contributed by atoms with Crippen LogP contribution in [0.15, 0.2) is 72.8 Å². The Kier molecular flexibility index (Phi) is 6.22. The van der Waals surface area contributed by atoms with Crippen LogP contribution in [0.5, 0.6) is 0 Å². The van der Waals surface area contributed by atoms with Crippen molar-refractivity contribution in [2.45, 2.75) is 12.0 Å². The van der Waals surface area contributed by atoms with E-state index in [1.54, 1.807) is 12.1 Å². The summed E-state index contributed by atoms with van der Waals surface area (Å²) in [5, 5.41) is 2.79. The normalized spacial score (nSPS) is 14.6. The van der Waals surface area contributed by atoms with Gasteiger partial charge >= 0.3 is 12.1 Å². The SMILES string of the molecule is COC[C@H](NC(=O)OCC1c2ccccc2-c2ccccc21)C(=O)ON1C(=O)c2ccccc2C1=O. The predicted octanol–water partition coefficient (Wildman–Crippen LogP) is 3.29. The molecule has 1 atom stereocenters. The summed E-state index contributed by atoms with van der Waals surface area (Å²) < 4.78 is 10.5. The van der Waals surface area contributed by atoms with Crippen LogP contribution < -0.4 is 5.32 Å². The molecule has 1 heterocycles. The fourth-order valence-corrected chi connectivity index (χ4v) is 4.52. The number of rotatable bonds is 7. The number of hydrogen-bond acceptors (Lipinski definition) is 7. The van der Waals surface area contributed by atoms with E-state index in [4.69, 9.17) is 14.3 Å². The molecule has 0 spiro atoms. The van der Waals surface area contributed by atoms with Gasteiger partial charge in [0, 0.05) is 13.0 Å². The maximum Gasteiger partial charge on any atom is 0.407 e. The molecule has 182 valence electrons. The number of methoxy groups -OCH3 is 1. The lowest BCUT2D eigenvalue weighted by atomic mass is 9.98. The van der Waals surface area contributed by atoms with Crippen molar-refractivity contribution in [1.29, 1.82) is 0 Å². The van der Waals surface area contributed by atoms with Gasteiger partial charge in [-0.3, -0.25) is 9.59 Å². The number of nitrogens with zero attached hydrogens (tertiary/aromatic N) is 1. The van der Waals surface area contributed by atoms with Gasteiger partial charge in [0.15, 0.2) is 6.04 Å². The lowest BCUT2D eigenvalue weighted by Crippen LogP contribution is -2.48. The molecule has 2 aliphatic rings. The number of fused-ring (bicyclic) bond motifs is 4. The molecule has 1 N–H and O–H groups in total. The molecule has 0 bridgehead atoms. The van der Waals surface area contributed by atoms with Crippen LogP contribution in [0.1, 0.15) is 37.8 Å². The van der Waals surface area contributed by atoms with Crippen LogP contribution in [0, 0.1) is 0 Å². The standard InChI is InChI=1S/C27H22N2O7/c1-34-15-23(26(32)36-29-24(30)20-12-6-7-13-21(20)25(29)31)28-27(33)35-14-22-18-10-4-2-8-16(18)17-9-3-5-11-19(17)22/h2-13,22-23H,14-15H2,1H3,(H,28,33)/t23-/m0/s1. The molecular formula is C27H22N2O7. The molecule has 0 radical (unpaired) electrons. The van der Waals surface area contributed by atoms with E-state index in [1.165, 1.54) is 19.2 Å². The van der Waals surface area contributed by atoms with Gasteiger partial charge in [-0.15, -0.1) is 0 Å². The Morgan fingerprint density at radius 1 is 0.833 bits per heavy atom. The number of alkyl carbamates (subject to hydrolysis) is 1. The number of amides is 3. The van der Waals surface area contributed by atoms with Gasteiger partial charge in [-0.05, 0) is 34.4 Å². The number of hydroxylamine groups is 2. The van der Waals surface area contributed by atoms with Gasteiger partial charge in [-0.25, -0.2) is 9.59 Å². The third-order valence-electron chi connectivity index (χ3n) is 6.19. The van der Waals surface area contributed by atoms with Crippen LogP contribution in [0.3, 0.4) is 0 Å². The maximum atomic E-state index is 12.7. The van der Waals surface area contributed by atoms with Crippen molar-refractivity contribution >= 4 is 23.9 Å². The largest absolute Gasteiger partial charge is 0.449 e. The van der Waals surface area contributed by atoms with Crippen molar-refractivity contribution < 1.29 is 33.5 Å². The third-order valence-corrected chi connectivity index (χ3v) is 6.19. The average Bonchev–Trinajstić information content (AvgIpc) is 3.34. The van der Waals surface area contributed by atoms with E-state index in [1.807, 2.05) is 48.5 Å². The minimum atomic E-state index is -1.31. The van der Waals surface area contributed by atoms with Crippen molar-refractivity contribution in [1.82, 2.24) is 10.4 Å². The molecule has 36 heavy (non-hydrogen) atoms. The van der Waals surface area contributed by atoms with Crippen molar-refractivity contribution in [3.8, 4) is 11.1 Å². The fourth-order valence-electron chi connectivity index (χ4n) is 4.52. The summed E-state index contributed by atoms with van der Waals surface area (Å²) in [6.45, 7) is -0.209. The zero-order valence-electron chi connectivity index (χ0n) is 19.3. The van der Waals surface area contributed by atoms with Crippen LogP contribution in [0.2, 0.25) is 0 Å². The molecule has 0 aromatic heterocycles. The van der Waals surface area contributed by atoms with Crippen LogP contribution in [0.4, 0.5) is 4.79 Å². The lowest BCUT2D eigenvalue weighted by Gasteiger charge is -2.20. The van der Waals surface area contributed by atoms with Gasteiger partial charge in [-0.1, -0.05) is 65.7 Å². The van der Waals surface area contributed by atoms with E-state index in [-0.39, 0.29) is 30.3 Å². The summed E-state index contributed by atoms with van der Waals surface area (Å²) in [5.41, 5.74) is 4.52. The van der Waals surface area contributed by atoms with Crippen LogP contribution in [0.25, 0.3) is 11.1 Å². The molecule has 0 fully saturated rings. The molecule has 1 aliphatic heterocycles. The Balaban J connectivity index is 1.24. The Morgan fingerprint density at radius 2 is 1.33 bits per heavy atom. The van der Waals surface area contributed by atoms with Crippen molar-refractivity contribution in [2.75, 3.05) is 20.3 Å². The first-order valence-corrected chi connectivity index (χ1v) is 11.3. The van der Waals surface area contributed by atoms with Gasteiger partial charge in [0.2, 0.25) is 0 Å². The zero-order valence-corrected chi connectivity index (χ0v) is 19.3. The lowest BCUT2D eigenvalue weighted by molar-refractivity contribution is -0.172. The number of imide groups is 1. The molecule has 1 aliphatic carbocycles.